The van der Waals surface area contributed by atoms with Crippen LogP contribution in [0.3, 0.4) is 0 Å². The minimum atomic E-state index is -4.46. The number of aliphatic hydroxyl groups is 1. The number of ether oxygens (including phenoxy) is 2. The normalized spacial score (nSPS) is 11.2. The summed E-state index contributed by atoms with van der Waals surface area (Å²) in [4.78, 5) is 18.0. The van der Waals surface area contributed by atoms with Gasteiger partial charge >= 0.3 is 10.6 Å². The molecular formula is C39H47N11O9S3. The third-order valence-electron chi connectivity index (χ3n) is 8.65. The number of thioether (sulfide) groups is 1. The number of aliphatic hydroxyl groups excluding tert-OH is 1. The first kappa shape index (κ1) is 48.4. The fourth-order valence-corrected chi connectivity index (χ4v) is 6.86. The number of azo groups is 2. The number of hydrogen-bond donors (Lipinski definition) is 4. The van der Waals surface area contributed by atoms with E-state index in [-0.39, 0.29) is 29.1 Å². The summed E-state index contributed by atoms with van der Waals surface area (Å²) in [5, 5.41) is 34.4. The Balaban J connectivity index is 0.00000202. The zero-order valence-corrected chi connectivity index (χ0v) is 37.2. The van der Waals surface area contributed by atoms with Crippen LogP contribution in [-0.4, -0.2) is 98.4 Å². The van der Waals surface area contributed by atoms with E-state index in [0.717, 1.165) is 24.5 Å². The molecule has 4 N–H and O–H groups in total. The number of rotatable bonds is 20. The minimum Gasteiger partial charge on any atom is -0.494 e. The molecule has 0 amide bonds. The Labute approximate surface area is 365 Å². The van der Waals surface area contributed by atoms with Crippen LogP contribution >= 0.6 is 11.8 Å². The van der Waals surface area contributed by atoms with Crippen molar-refractivity contribution in [3.8, 4) is 11.5 Å². The lowest BCUT2D eigenvalue weighted by molar-refractivity contribution is 0.322. The highest BCUT2D eigenvalue weighted by molar-refractivity contribution is 7.99. The van der Waals surface area contributed by atoms with Crippen LogP contribution in [0.2, 0.25) is 0 Å². The fourth-order valence-electron chi connectivity index (χ4n) is 5.77. The molecule has 330 valence electrons. The first-order valence-electron chi connectivity index (χ1n) is 19.0. The quantitative estimate of drug-likeness (QED) is 0.0325. The molecular weight excluding hydrogens is 863 g/mol. The molecule has 62 heavy (non-hydrogen) atoms. The summed E-state index contributed by atoms with van der Waals surface area (Å²) in [6.07, 6.45) is 0. The van der Waals surface area contributed by atoms with Crippen molar-refractivity contribution in [1.29, 1.82) is 0 Å². The van der Waals surface area contributed by atoms with Crippen LogP contribution in [-0.2, 0) is 20.7 Å². The lowest BCUT2D eigenvalue weighted by atomic mass is 10.2. The molecule has 0 saturated heterocycles. The minimum absolute atomic E-state index is 0.105. The predicted molar refractivity (Wildman–Crippen MR) is 238 cm³/mol. The van der Waals surface area contributed by atoms with Gasteiger partial charge in [-0.3, -0.25) is 4.55 Å². The van der Waals surface area contributed by atoms with E-state index in [1.54, 1.807) is 32.4 Å². The number of benzene rings is 4. The van der Waals surface area contributed by atoms with Crippen molar-refractivity contribution in [3.05, 3.63) is 78.9 Å². The average molecular weight is 910 g/mol. The molecule has 0 aliphatic carbocycles. The van der Waals surface area contributed by atoms with Gasteiger partial charge in [0.25, 0.3) is 10.1 Å². The first-order chi connectivity index (χ1) is 29.8. The van der Waals surface area contributed by atoms with Crippen molar-refractivity contribution in [1.82, 2.24) is 15.0 Å². The molecule has 0 radical (unpaired) electrons. The highest BCUT2D eigenvalue weighted by Crippen LogP contribution is 2.42. The molecule has 1 heterocycles. The Morgan fingerprint density at radius 3 is 1.58 bits per heavy atom. The maximum atomic E-state index is 11.8. The summed E-state index contributed by atoms with van der Waals surface area (Å²) < 4.78 is 70.1. The molecule has 0 fully saturated rings. The molecule has 0 aliphatic heterocycles. The van der Waals surface area contributed by atoms with Crippen molar-refractivity contribution in [2.24, 2.45) is 20.5 Å². The maximum absolute atomic E-state index is 11.8. The first-order valence-corrected chi connectivity index (χ1v) is 22.4. The van der Waals surface area contributed by atoms with Gasteiger partial charge < -0.3 is 35.0 Å². The fraction of sp³-hybridized carbons (Fsp3) is 0.308. The number of hydrogen-bond acceptors (Lipinski definition) is 20. The molecule has 5 rings (SSSR count). The molecule has 4 aromatic carbocycles. The van der Waals surface area contributed by atoms with E-state index in [1.807, 2.05) is 56.3 Å². The van der Waals surface area contributed by atoms with E-state index in [9.17, 15) is 18.1 Å². The molecule has 0 unspecified atom stereocenters. The molecule has 0 saturated carbocycles. The zero-order chi connectivity index (χ0) is 45.2. The van der Waals surface area contributed by atoms with Gasteiger partial charge in [-0.2, -0.15) is 33.6 Å². The SMILES string of the molecule is CCN(CC)c1cc(Nc2nc(Nc3cc(N(CC)CC)c(OC)cc3N=Nc3cccc(S(=O)(=O)O)c3)nc(SCCO)n2)c(N=Nc2ccccc2)cc1OC.O=S(=O)=O. The molecule has 0 aliphatic rings. The van der Waals surface area contributed by atoms with E-state index in [4.69, 9.17) is 27.1 Å². The lowest BCUT2D eigenvalue weighted by Gasteiger charge is -2.25. The van der Waals surface area contributed by atoms with Gasteiger partial charge in [-0.25, -0.2) is 0 Å². The van der Waals surface area contributed by atoms with Gasteiger partial charge in [-0.15, -0.1) is 22.9 Å². The van der Waals surface area contributed by atoms with Crippen molar-refractivity contribution in [3.63, 3.8) is 0 Å². The van der Waals surface area contributed by atoms with Crippen molar-refractivity contribution in [2.45, 2.75) is 37.7 Å². The molecule has 1 aromatic heterocycles. The number of nitrogens with zero attached hydrogens (tertiary/aromatic N) is 9. The van der Waals surface area contributed by atoms with Crippen LogP contribution in [0.1, 0.15) is 27.7 Å². The van der Waals surface area contributed by atoms with Crippen LogP contribution in [0.4, 0.5) is 57.4 Å². The molecule has 0 bridgehead atoms. The third-order valence-corrected chi connectivity index (χ3v) is 10.3. The monoisotopic (exact) mass is 909 g/mol. The Morgan fingerprint density at radius 2 is 1.15 bits per heavy atom. The number of nitrogens with one attached hydrogen (secondary N) is 2. The summed E-state index contributed by atoms with van der Waals surface area (Å²) in [6, 6.07) is 22.1. The molecule has 0 atom stereocenters. The molecule has 20 nitrogen and oxygen atoms in total. The maximum Gasteiger partial charge on any atom is 0.425 e. The summed E-state index contributed by atoms with van der Waals surface area (Å²) in [5.74, 6) is 1.78. The number of aromatic nitrogens is 3. The second-order valence-corrected chi connectivity index (χ2v) is 15.3. The van der Waals surface area contributed by atoms with Crippen LogP contribution in [0.5, 0.6) is 11.5 Å². The highest BCUT2D eigenvalue weighted by atomic mass is 32.2. The topological polar surface area (TPSA) is 263 Å². The average Bonchev–Trinajstić information content (AvgIpc) is 3.25. The second-order valence-electron chi connectivity index (χ2n) is 12.4. The van der Waals surface area contributed by atoms with Gasteiger partial charge in [0.05, 0.1) is 59.8 Å². The van der Waals surface area contributed by atoms with Crippen LogP contribution in [0.15, 0.2) is 109 Å². The molecule has 0 spiro atoms. The number of anilines is 6. The zero-order valence-electron chi connectivity index (χ0n) is 34.8. The molecule has 23 heteroatoms. The highest BCUT2D eigenvalue weighted by Gasteiger charge is 2.20. The Bertz CT molecular complexity index is 2560. The van der Waals surface area contributed by atoms with E-state index >= 15 is 0 Å². The Hall–Kier alpha value is -6.27. The standard InChI is InChI=1S/C39H47N11O6S2.O3S/c1-7-49(8-2)33-22-29(31(24-35(33)55-5)47-45-26-15-12-11-13-16-26)40-37-42-38(44-39(43-37)57-20-19-51)41-30-23-34(50(9-3)10-4)36(56-6)25-32(30)48-46-27-17-14-18-28(21-27)58(52,53)54;1-4(2)3/h11-18,21-25,51H,7-10,19-20H2,1-6H3,(H,52,53,54)(H2,40,41,42,43,44);. The van der Waals surface area contributed by atoms with Gasteiger partial charge in [0.2, 0.25) is 11.9 Å². The summed E-state index contributed by atoms with van der Waals surface area (Å²) in [7, 11) is -4.41. The predicted octanol–water partition coefficient (Wildman–Crippen LogP) is 8.23. The van der Waals surface area contributed by atoms with Gasteiger partial charge in [0.15, 0.2) is 5.16 Å². The summed E-state index contributed by atoms with van der Waals surface area (Å²) in [6.45, 7) is 10.9. The van der Waals surface area contributed by atoms with Gasteiger partial charge in [-0.1, -0.05) is 36.0 Å². The van der Waals surface area contributed by atoms with Crippen molar-refractivity contribution >= 4 is 89.9 Å². The van der Waals surface area contributed by atoms with E-state index in [1.165, 1.54) is 30.0 Å². The Kier molecular flexibility index (Phi) is 18.5. The summed E-state index contributed by atoms with van der Waals surface area (Å²) in [5.41, 5.74) is 4.22. The van der Waals surface area contributed by atoms with E-state index in [2.05, 4.69) is 64.7 Å². The Morgan fingerprint density at radius 1 is 0.677 bits per heavy atom. The van der Waals surface area contributed by atoms with Crippen molar-refractivity contribution < 1.29 is 40.2 Å². The second kappa shape index (κ2) is 23.7. The van der Waals surface area contributed by atoms with Gasteiger partial charge in [-0.05, 0) is 70.2 Å². The van der Waals surface area contributed by atoms with Crippen molar-refractivity contribution in [2.75, 3.05) is 73.2 Å². The van der Waals surface area contributed by atoms with Gasteiger partial charge in [0, 0.05) is 44.1 Å². The van der Waals surface area contributed by atoms with Crippen LogP contribution < -0.4 is 29.9 Å². The summed E-state index contributed by atoms with van der Waals surface area (Å²) >= 11 is 1.24. The van der Waals surface area contributed by atoms with Crippen LogP contribution in [0, 0.1) is 0 Å². The van der Waals surface area contributed by atoms with Crippen LogP contribution in [0.25, 0.3) is 0 Å². The van der Waals surface area contributed by atoms with E-state index in [0.29, 0.717) is 63.9 Å². The largest absolute Gasteiger partial charge is 0.494 e. The van der Waals surface area contributed by atoms with Gasteiger partial charge in [0.1, 0.15) is 22.9 Å². The third kappa shape index (κ3) is 13.9. The van der Waals surface area contributed by atoms with E-state index < -0.39 is 20.7 Å². The lowest BCUT2D eigenvalue weighted by Crippen LogP contribution is -2.22. The molecule has 5 aromatic rings. The number of methoxy groups -OCH3 is 2. The smallest absolute Gasteiger partial charge is 0.425 e.